The monoisotopic (exact) mass is 269 g/mol. The molecular weight excluding hydrogens is 249 g/mol. The third-order valence-electron chi connectivity index (χ3n) is 4.05. The van der Waals surface area contributed by atoms with Gasteiger partial charge in [0.1, 0.15) is 5.82 Å². The Hall–Kier alpha value is -0.600. The molecule has 0 heterocycles. The average molecular weight is 270 g/mol. The van der Waals surface area contributed by atoms with Crippen LogP contribution in [-0.2, 0) is 6.42 Å². The molecule has 1 saturated carbocycles. The van der Waals surface area contributed by atoms with E-state index in [0.717, 1.165) is 18.5 Å². The Bertz CT molecular complexity index is 392. The van der Waals surface area contributed by atoms with Crippen molar-refractivity contribution in [2.24, 2.45) is 11.8 Å². The van der Waals surface area contributed by atoms with Gasteiger partial charge in [0.05, 0.1) is 5.02 Å². The van der Waals surface area contributed by atoms with E-state index >= 15 is 0 Å². The van der Waals surface area contributed by atoms with Crippen LogP contribution in [0, 0.1) is 17.7 Å². The molecule has 0 saturated heterocycles. The molecule has 1 N–H and O–H groups in total. The molecular formula is C15H21ClFN. The highest BCUT2D eigenvalue weighted by Crippen LogP contribution is 2.34. The van der Waals surface area contributed by atoms with Gasteiger partial charge in [-0.05, 0) is 56.3 Å². The van der Waals surface area contributed by atoms with Crippen molar-refractivity contribution >= 4 is 11.6 Å². The first-order valence-corrected chi connectivity index (χ1v) is 7.17. The smallest absolute Gasteiger partial charge is 0.142 e. The Balaban J connectivity index is 2.08. The molecule has 1 aromatic carbocycles. The van der Waals surface area contributed by atoms with Crippen molar-refractivity contribution in [2.75, 3.05) is 13.6 Å². The van der Waals surface area contributed by atoms with Gasteiger partial charge in [-0.1, -0.05) is 36.6 Å². The highest BCUT2D eigenvalue weighted by atomic mass is 35.5. The second-order valence-electron chi connectivity index (χ2n) is 5.28. The van der Waals surface area contributed by atoms with Gasteiger partial charge in [-0.2, -0.15) is 0 Å². The molecule has 1 aliphatic carbocycles. The van der Waals surface area contributed by atoms with Crippen LogP contribution >= 0.6 is 11.6 Å². The maximum Gasteiger partial charge on any atom is 0.142 e. The van der Waals surface area contributed by atoms with Gasteiger partial charge in [0.2, 0.25) is 0 Å². The zero-order valence-electron chi connectivity index (χ0n) is 10.9. The number of hydrogen-bond donors (Lipinski definition) is 1. The summed E-state index contributed by atoms with van der Waals surface area (Å²) in [5, 5.41) is 3.58. The molecule has 1 fully saturated rings. The summed E-state index contributed by atoms with van der Waals surface area (Å²) in [5.74, 6) is 1.03. The molecule has 1 aliphatic rings. The molecule has 0 aliphatic heterocycles. The van der Waals surface area contributed by atoms with Gasteiger partial charge in [-0.15, -0.1) is 0 Å². The molecule has 100 valence electrons. The minimum atomic E-state index is -0.296. The van der Waals surface area contributed by atoms with E-state index in [1.54, 1.807) is 6.07 Å². The summed E-state index contributed by atoms with van der Waals surface area (Å²) >= 11 is 6.05. The van der Waals surface area contributed by atoms with Gasteiger partial charge in [0, 0.05) is 0 Å². The first-order chi connectivity index (χ1) is 8.72. The van der Waals surface area contributed by atoms with Crippen LogP contribution < -0.4 is 5.32 Å². The van der Waals surface area contributed by atoms with E-state index in [4.69, 9.17) is 11.6 Å². The quantitative estimate of drug-likeness (QED) is 0.870. The van der Waals surface area contributed by atoms with Crippen molar-refractivity contribution < 1.29 is 4.39 Å². The summed E-state index contributed by atoms with van der Waals surface area (Å²) < 4.78 is 13.4. The lowest BCUT2D eigenvalue weighted by molar-refractivity contribution is 0.232. The van der Waals surface area contributed by atoms with Gasteiger partial charge in [-0.3, -0.25) is 0 Å². The molecule has 1 aromatic rings. The Morgan fingerprint density at radius 3 is 2.72 bits per heavy atom. The van der Waals surface area contributed by atoms with Crippen LogP contribution in [0.2, 0.25) is 5.02 Å². The maximum atomic E-state index is 13.4. The van der Waals surface area contributed by atoms with Gasteiger partial charge in [0.25, 0.3) is 0 Å². The van der Waals surface area contributed by atoms with Crippen molar-refractivity contribution in [3.63, 3.8) is 0 Å². The van der Waals surface area contributed by atoms with Gasteiger partial charge >= 0.3 is 0 Å². The standard InChI is InChI=1S/C15H21ClFN/c1-18-10-13-6-3-2-5-11(13)9-12-7-4-8-14(17)15(12)16/h4,7-8,11,13,18H,2-3,5-6,9-10H2,1H3. The van der Waals surface area contributed by atoms with E-state index in [1.807, 2.05) is 13.1 Å². The predicted octanol–water partition coefficient (Wildman–Crippen LogP) is 4.05. The van der Waals surface area contributed by atoms with E-state index in [1.165, 1.54) is 31.7 Å². The minimum Gasteiger partial charge on any atom is -0.319 e. The number of benzene rings is 1. The van der Waals surface area contributed by atoms with E-state index in [-0.39, 0.29) is 5.82 Å². The number of hydrogen-bond acceptors (Lipinski definition) is 1. The topological polar surface area (TPSA) is 12.0 Å². The van der Waals surface area contributed by atoms with Crippen molar-refractivity contribution in [2.45, 2.75) is 32.1 Å². The van der Waals surface area contributed by atoms with Crippen LogP contribution in [0.1, 0.15) is 31.2 Å². The number of rotatable bonds is 4. The zero-order valence-corrected chi connectivity index (χ0v) is 11.6. The minimum absolute atomic E-state index is 0.296. The van der Waals surface area contributed by atoms with Crippen molar-refractivity contribution in [3.05, 3.63) is 34.6 Å². The largest absolute Gasteiger partial charge is 0.319 e. The first-order valence-electron chi connectivity index (χ1n) is 6.80. The number of nitrogens with one attached hydrogen (secondary N) is 1. The molecule has 2 atom stereocenters. The lowest BCUT2D eigenvalue weighted by Crippen LogP contribution is -2.30. The summed E-state index contributed by atoms with van der Waals surface area (Å²) in [4.78, 5) is 0. The van der Waals surface area contributed by atoms with E-state index < -0.39 is 0 Å². The molecule has 3 heteroatoms. The fourth-order valence-corrected chi connectivity index (χ4v) is 3.28. The highest BCUT2D eigenvalue weighted by molar-refractivity contribution is 6.31. The second-order valence-corrected chi connectivity index (χ2v) is 5.66. The average Bonchev–Trinajstić information content (AvgIpc) is 2.37. The molecule has 0 amide bonds. The molecule has 18 heavy (non-hydrogen) atoms. The molecule has 1 nitrogen and oxygen atoms in total. The SMILES string of the molecule is CNCC1CCCCC1Cc1cccc(F)c1Cl. The Morgan fingerprint density at radius 1 is 1.28 bits per heavy atom. The van der Waals surface area contributed by atoms with Crippen LogP contribution in [-0.4, -0.2) is 13.6 Å². The normalized spacial score (nSPS) is 24.2. The molecule has 0 radical (unpaired) electrons. The number of halogens is 2. The van der Waals surface area contributed by atoms with E-state index in [2.05, 4.69) is 5.32 Å². The molecule has 0 aromatic heterocycles. The predicted molar refractivity (Wildman–Crippen MR) is 74.5 cm³/mol. The third kappa shape index (κ3) is 3.24. The van der Waals surface area contributed by atoms with Crippen LogP contribution in [0.5, 0.6) is 0 Å². The molecule has 0 bridgehead atoms. The van der Waals surface area contributed by atoms with Crippen LogP contribution in [0.15, 0.2) is 18.2 Å². The van der Waals surface area contributed by atoms with Crippen molar-refractivity contribution in [1.82, 2.24) is 5.32 Å². The first kappa shape index (κ1) is 13.8. The van der Waals surface area contributed by atoms with Gasteiger partial charge in [-0.25, -0.2) is 4.39 Å². The fraction of sp³-hybridized carbons (Fsp3) is 0.600. The lowest BCUT2D eigenvalue weighted by Gasteiger charge is -2.31. The second kappa shape index (κ2) is 6.53. The van der Waals surface area contributed by atoms with Crippen LogP contribution in [0.4, 0.5) is 4.39 Å². The zero-order chi connectivity index (χ0) is 13.0. The van der Waals surface area contributed by atoms with Crippen molar-refractivity contribution in [3.8, 4) is 0 Å². The van der Waals surface area contributed by atoms with Gasteiger partial charge < -0.3 is 5.32 Å². The summed E-state index contributed by atoms with van der Waals surface area (Å²) in [5.41, 5.74) is 0.963. The molecule has 2 unspecified atom stereocenters. The molecule has 0 spiro atoms. The summed E-state index contributed by atoms with van der Waals surface area (Å²) in [7, 11) is 2.00. The Kier molecular flexibility index (Phi) is 5.02. The van der Waals surface area contributed by atoms with Crippen LogP contribution in [0.25, 0.3) is 0 Å². The van der Waals surface area contributed by atoms with Gasteiger partial charge in [0.15, 0.2) is 0 Å². The Labute approximate surface area is 114 Å². The third-order valence-corrected chi connectivity index (χ3v) is 4.47. The summed E-state index contributed by atoms with van der Waals surface area (Å²) in [6, 6.07) is 5.14. The van der Waals surface area contributed by atoms with Crippen molar-refractivity contribution in [1.29, 1.82) is 0 Å². The highest BCUT2D eigenvalue weighted by Gasteiger charge is 2.25. The summed E-state index contributed by atoms with van der Waals surface area (Å²) in [6.07, 6.45) is 6.03. The van der Waals surface area contributed by atoms with E-state index in [9.17, 15) is 4.39 Å². The lowest BCUT2D eigenvalue weighted by atomic mass is 9.76. The molecule has 2 rings (SSSR count). The summed E-state index contributed by atoms with van der Waals surface area (Å²) in [6.45, 7) is 1.05. The maximum absolute atomic E-state index is 13.4. The Morgan fingerprint density at radius 2 is 2.00 bits per heavy atom. The fourth-order valence-electron chi connectivity index (χ4n) is 3.07. The van der Waals surface area contributed by atoms with E-state index in [0.29, 0.717) is 16.9 Å². The van der Waals surface area contributed by atoms with Crippen LogP contribution in [0.3, 0.4) is 0 Å².